The summed E-state index contributed by atoms with van der Waals surface area (Å²) in [5, 5.41) is 4.54. The molecule has 80 valence electrons. The first kappa shape index (κ1) is 11.6. The molecule has 0 saturated carbocycles. The van der Waals surface area contributed by atoms with Crippen LogP contribution in [0.1, 0.15) is 23.2 Å². The average Bonchev–Trinajstić information content (AvgIpc) is 2.58. The summed E-state index contributed by atoms with van der Waals surface area (Å²) in [5.41, 5.74) is 5.53. The molecule has 0 aliphatic heterocycles. The molecule has 0 aliphatic rings. The van der Waals surface area contributed by atoms with Crippen LogP contribution in [0.25, 0.3) is 0 Å². The minimum atomic E-state index is 0.612. The van der Waals surface area contributed by atoms with Gasteiger partial charge in [0.05, 0.1) is 0 Å². The summed E-state index contributed by atoms with van der Waals surface area (Å²) in [6.45, 7) is 6.94. The number of hydrogen-bond acceptors (Lipinski definition) is 4. The topological polar surface area (TPSA) is 50.9 Å². The fourth-order valence-corrected chi connectivity index (χ4v) is 1.90. The van der Waals surface area contributed by atoms with Crippen molar-refractivity contribution in [3.05, 3.63) is 16.1 Å². The van der Waals surface area contributed by atoms with Gasteiger partial charge in [-0.05, 0) is 32.4 Å². The molecule has 0 saturated heterocycles. The SMILES string of the molecule is Cc1cnc(CNCCC(C)CN)s1. The molecule has 1 rings (SSSR count). The maximum atomic E-state index is 5.53. The lowest BCUT2D eigenvalue weighted by Gasteiger charge is -2.07. The molecule has 1 aromatic heterocycles. The van der Waals surface area contributed by atoms with Gasteiger partial charge < -0.3 is 11.1 Å². The molecule has 4 heteroatoms. The molecule has 0 fully saturated rings. The first-order valence-corrected chi connectivity index (χ1v) is 5.86. The van der Waals surface area contributed by atoms with Gasteiger partial charge in [0, 0.05) is 17.6 Å². The quantitative estimate of drug-likeness (QED) is 0.705. The van der Waals surface area contributed by atoms with E-state index in [-0.39, 0.29) is 0 Å². The van der Waals surface area contributed by atoms with Crippen LogP contribution in [0.3, 0.4) is 0 Å². The maximum absolute atomic E-state index is 5.53. The van der Waals surface area contributed by atoms with Crippen LogP contribution >= 0.6 is 11.3 Å². The molecule has 3 N–H and O–H groups in total. The summed E-state index contributed by atoms with van der Waals surface area (Å²) in [5.74, 6) is 0.612. The highest BCUT2D eigenvalue weighted by Crippen LogP contribution is 2.10. The van der Waals surface area contributed by atoms with Crippen molar-refractivity contribution < 1.29 is 0 Å². The number of rotatable bonds is 6. The second kappa shape index (κ2) is 6.11. The van der Waals surface area contributed by atoms with Crippen LogP contribution in [0, 0.1) is 12.8 Å². The van der Waals surface area contributed by atoms with E-state index in [0.29, 0.717) is 5.92 Å². The Labute approximate surface area is 89.7 Å². The van der Waals surface area contributed by atoms with E-state index < -0.39 is 0 Å². The Morgan fingerprint density at radius 1 is 1.64 bits per heavy atom. The third-order valence-corrected chi connectivity index (χ3v) is 3.07. The smallest absolute Gasteiger partial charge is 0.107 e. The van der Waals surface area contributed by atoms with Crippen molar-refractivity contribution in [2.24, 2.45) is 11.7 Å². The van der Waals surface area contributed by atoms with E-state index >= 15 is 0 Å². The van der Waals surface area contributed by atoms with Gasteiger partial charge in [-0.25, -0.2) is 4.98 Å². The molecule has 0 radical (unpaired) electrons. The van der Waals surface area contributed by atoms with Crippen molar-refractivity contribution in [1.82, 2.24) is 10.3 Å². The van der Waals surface area contributed by atoms with Crippen LogP contribution < -0.4 is 11.1 Å². The van der Waals surface area contributed by atoms with E-state index in [9.17, 15) is 0 Å². The van der Waals surface area contributed by atoms with Crippen molar-refractivity contribution in [2.45, 2.75) is 26.8 Å². The number of nitrogens with two attached hydrogens (primary N) is 1. The molecule has 14 heavy (non-hydrogen) atoms. The monoisotopic (exact) mass is 213 g/mol. The Bertz CT molecular complexity index is 260. The number of thiazole rings is 1. The lowest BCUT2D eigenvalue weighted by atomic mass is 10.1. The zero-order chi connectivity index (χ0) is 10.4. The molecule has 0 spiro atoms. The summed E-state index contributed by atoms with van der Waals surface area (Å²) in [7, 11) is 0. The molecule has 1 unspecified atom stereocenters. The summed E-state index contributed by atoms with van der Waals surface area (Å²) >= 11 is 1.75. The third-order valence-electron chi connectivity index (χ3n) is 2.16. The zero-order valence-electron chi connectivity index (χ0n) is 8.92. The van der Waals surface area contributed by atoms with Crippen LogP contribution in [-0.4, -0.2) is 18.1 Å². The van der Waals surface area contributed by atoms with Gasteiger partial charge in [-0.3, -0.25) is 0 Å². The highest BCUT2D eigenvalue weighted by molar-refractivity contribution is 7.11. The van der Waals surface area contributed by atoms with Crippen molar-refractivity contribution in [2.75, 3.05) is 13.1 Å². The van der Waals surface area contributed by atoms with E-state index in [4.69, 9.17) is 5.73 Å². The molecule has 1 heterocycles. The third kappa shape index (κ3) is 4.17. The predicted octanol–water partition coefficient (Wildman–Crippen LogP) is 1.53. The molecule has 0 aliphatic carbocycles. The summed E-state index contributed by atoms with van der Waals surface area (Å²) in [4.78, 5) is 5.56. The number of hydrogen-bond donors (Lipinski definition) is 2. The zero-order valence-corrected chi connectivity index (χ0v) is 9.73. The Kier molecular flexibility index (Phi) is 5.07. The summed E-state index contributed by atoms with van der Waals surface area (Å²) in [6.07, 6.45) is 3.06. The van der Waals surface area contributed by atoms with Gasteiger partial charge in [0.15, 0.2) is 0 Å². The number of nitrogens with one attached hydrogen (secondary N) is 1. The minimum absolute atomic E-state index is 0.612. The van der Waals surface area contributed by atoms with Crippen LogP contribution in [0.5, 0.6) is 0 Å². The first-order chi connectivity index (χ1) is 6.72. The van der Waals surface area contributed by atoms with E-state index in [1.165, 1.54) is 9.88 Å². The van der Waals surface area contributed by atoms with Crippen LogP contribution in [0.15, 0.2) is 6.20 Å². The largest absolute Gasteiger partial charge is 0.330 e. The molecular formula is C10H19N3S. The second-order valence-electron chi connectivity index (χ2n) is 3.67. The van der Waals surface area contributed by atoms with E-state index in [1.807, 2.05) is 6.20 Å². The molecule has 0 bridgehead atoms. The Balaban J connectivity index is 2.10. The van der Waals surface area contributed by atoms with Crippen LogP contribution in [0.4, 0.5) is 0 Å². The number of nitrogens with zero attached hydrogens (tertiary/aromatic N) is 1. The Morgan fingerprint density at radius 2 is 2.43 bits per heavy atom. The standard InChI is InChI=1S/C10H19N3S/c1-8(5-11)3-4-12-7-10-13-6-9(2)14-10/h6,8,12H,3-5,7,11H2,1-2H3. The van der Waals surface area contributed by atoms with Gasteiger partial charge in [-0.1, -0.05) is 6.92 Å². The van der Waals surface area contributed by atoms with Gasteiger partial charge in [0.1, 0.15) is 5.01 Å². The van der Waals surface area contributed by atoms with Crippen molar-refractivity contribution >= 4 is 11.3 Å². The van der Waals surface area contributed by atoms with Gasteiger partial charge in [-0.15, -0.1) is 11.3 Å². The predicted molar refractivity (Wildman–Crippen MR) is 61.4 cm³/mol. The number of aromatic nitrogens is 1. The highest BCUT2D eigenvalue weighted by Gasteiger charge is 2.00. The minimum Gasteiger partial charge on any atom is -0.330 e. The molecule has 1 aromatic rings. The van der Waals surface area contributed by atoms with Crippen molar-refractivity contribution in [3.63, 3.8) is 0 Å². The lowest BCUT2D eigenvalue weighted by Crippen LogP contribution is -2.20. The van der Waals surface area contributed by atoms with Gasteiger partial charge in [-0.2, -0.15) is 0 Å². The van der Waals surface area contributed by atoms with Crippen molar-refractivity contribution in [3.8, 4) is 0 Å². The normalized spacial score (nSPS) is 13.1. The van der Waals surface area contributed by atoms with E-state index in [0.717, 1.165) is 26.1 Å². The maximum Gasteiger partial charge on any atom is 0.107 e. The van der Waals surface area contributed by atoms with Gasteiger partial charge >= 0.3 is 0 Å². The molecular weight excluding hydrogens is 194 g/mol. The Morgan fingerprint density at radius 3 is 3.00 bits per heavy atom. The Hall–Kier alpha value is -0.450. The van der Waals surface area contributed by atoms with Crippen LogP contribution in [0.2, 0.25) is 0 Å². The lowest BCUT2D eigenvalue weighted by molar-refractivity contribution is 0.509. The number of aryl methyl sites for hydroxylation is 1. The van der Waals surface area contributed by atoms with E-state index in [1.54, 1.807) is 11.3 Å². The van der Waals surface area contributed by atoms with Gasteiger partial charge in [0.25, 0.3) is 0 Å². The van der Waals surface area contributed by atoms with Crippen molar-refractivity contribution in [1.29, 1.82) is 0 Å². The summed E-state index contributed by atoms with van der Waals surface area (Å²) < 4.78 is 0. The van der Waals surface area contributed by atoms with Crippen LogP contribution in [-0.2, 0) is 6.54 Å². The molecule has 0 aromatic carbocycles. The fourth-order valence-electron chi connectivity index (χ4n) is 1.14. The highest BCUT2D eigenvalue weighted by atomic mass is 32.1. The van der Waals surface area contributed by atoms with E-state index in [2.05, 4.69) is 24.1 Å². The average molecular weight is 213 g/mol. The second-order valence-corrected chi connectivity index (χ2v) is 4.99. The molecule has 0 amide bonds. The molecule has 1 atom stereocenters. The van der Waals surface area contributed by atoms with Gasteiger partial charge in [0.2, 0.25) is 0 Å². The fraction of sp³-hybridized carbons (Fsp3) is 0.700. The summed E-state index contributed by atoms with van der Waals surface area (Å²) in [6, 6.07) is 0. The first-order valence-electron chi connectivity index (χ1n) is 5.04. The molecule has 3 nitrogen and oxygen atoms in total.